The summed E-state index contributed by atoms with van der Waals surface area (Å²) >= 11 is 0. The Morgan fingerprint density at radius 2 is 2.12 bits per heavy atom. The molecule has 0 saturated carbocycles. The third-order valence-corrected chi connectivity index (χ3v) is 4.95. The highest BCUT2D eigenvalue weighted by molar-refractivity contribution is 6.06. The Morgan fingerprint density at radius 3 is 2.85 bits per heavy atom. The zero-order chi connectivity index (χ0) is 18.7. The van der Waals surface area contributed by atoms with Gasteiger partial charge in [-0.05, 0) is 61.6 Å². The van der Waals surface area contributed by atoms with Gasteiger partial charge >= 0.3 is 0 Å². The lowest BCUT2D eigenvalue weighted by Gasteiger charge is -2.34. The molecule has 0 aliphatic carbocycles. The van der Waals surface area contributed by atoms with E-state index in [4.69, 9.17) is 10.5 Å². The molecule has 0 aromatic heterocycles. The van der Waals surface area contributed by atoms with E-state index in [1.807, 2.05) is 18.2 Å². The number of piperidine rings is 1. The number of amides is 1. The number of nitrogens with two attached hydrogens (primary N) is 1. The highest BCUT2D eigenvalue weighted by Gasteiger charge is 2.20. The summed E-state index contributed by atoms with van der Waals surface area (Å²) < 4.78 is 5.19. The monoisotopic (exact) mass is 353 g/mol. The molecule has 5 nitrogen and oxygen atoms in total. The van der Waals surface area contributed by atoms with E-state index in [0.717, 1.165) is 24.3 Å². The van der Waals surface area contributed by atoms with Crippen molar-refractivity contribution in [3.63, 3.8) is 0 Å². The Balaban J connectivity index is 1.85. The molecule has 1 heterocycles. The first kappa shape index (κ1) is 18.1. The molecule has 2 aromatic rings. The summed E-state index contributed by atoms with van der Waals surface area (Å²) in [6.07, 6.45) is 2.46. The van der Waals surface area contributed by atoms with Crippen LogP contribution in [0.3, 0.4) is 0 Å². The zero-order valence-corrected chi connectivity index (χ0v) is 15.7. The van der Waals surface area contributed by atoms with Gasteiger partial charge in [0, 0.05) is 24.3 Å². The van der Waals surface area contributed by atoms with Gasteiger partial charge in [-0.3, -0.25) is 4.79 Å². The van der Waals surface area contributed by atoms with Crippen LogP contribution in [0.4, 0.5) is 17.1 Å². The fourth-order valence-corrected chi connectivity index (χ4v) is 3.53. The van der Waals surface area contributed by atoms with Crippen LogP contribution in [0.5, 0.6) is 5.75 Å². The Labute approximate surface area is 155 Å². The molecule has 1 fully saturated rings. The quantitative estimate of drug-likeness (QED) is 0.813. The number of anilines is 3. The van der Waals surface area contributed by atoms with E-state index >= 15 is 0 Å². The number of benzene rings is 2. The molecule has 0 bridgehead atoms. The molecule has 1 amide bonds. The molecule has 1 saturated heterocycles. The van der Waals surface area contributed by atoms with Crippen molar-refractivity contribution in [1.82, 2.24) is 0 Å². The fraction of sp³-hybridized carbons (Fsp3) is 0.381. The maximum absolute atomic E-state index is 12.6. The smallest absolute Gasteiger partial charge is 0.255 e. The number of ether oxygens (including phenoxy) is 1. The number of rotatable bonds is 4. The van der Waals surface area contributed by atoms with Gasteiger partial charge in [0.05, 0.1) is 18.5 Å². The van der Waals surface area contributed by atoms with Crippen LogP contribution in [0, 0.1) is 12.8 Å². The molecule has 1 atom stereocenters. The van der Waals surface area contributed by atoms with E-state index in [-0.39, 0.29) is 5.91 Å². The van der Waals surface area contributed by atoms with E-state index in [9.17, 15) is 4.79 Å². The number of nitrogen functional groups attached to an aromatic ring is 1. The zero-order valence-electron chi connectivity index (χ0n) is 15.7. The molecule has 1 aliphatic rings. The van der Waals surface area contributed by atoms with Crippen LogP contribution in [0.1, 0.15) is 35.7 Å². The molecule has 0 radical (unpaired) electrons. The standard InChI is InChI=1S/C21H27N3O2/c1-14-6-5-9-24(13-14)20-12-19(18(22)10-15(20)2)23-21(25)16-7-4-8-17(11-16)26-3/h4,7-8,10-12,14H,5-6,9,13,22H2,1-3H3,(H,23,25). The van der Waals surface area contributed by atoms with Crippen LogP contribution in [0.25, 0.3) is 0 Å². The molecular formula is C21H27N3O2. The van der Waals surface area contributed by atoms with Crippen molar-refractivity contribution >= 4 is 23.0 Å². The molecule has 138 valence electrons. The highest BCUT2D eigenvalue weighted by atomic mass is 16.5. The Morgan fingerprint density at radius 1 is 1.31 bits per heavy atom. The van der Waals surface area contributed by atoms with Gasteiger partial charge < -0.3 is 20.7 Å². The third kappa shape index (κ3) is 3.93. The van der Waals surface area contributed by atoms with Gasteiger partial charge in [0.25, 0.3) is 5.91 Å². The van der Waals surface area contributed by atoms with Crippen molar-refractivity contribution < 1.29 is 9.53 Å². The van der Waals surface area contributed by atoms with E-state index in [1.54, 1.807) is 25.3 Å². The molecule has 0 spiro atoms. The van der Waals surface area contributed by atoms with Crippen LogP contribution in [0.2, 0.25) is 0 Å². The number of aryl methyl sites for hydroxylation is 1. The Hall–Kier alpha value is -2.69. The summed E-state index contributed by atoms with van der Waals surface area (Å²) in [7, 11) is 1.58. The number of nitrogens with zero attached hydrogens (tertiary/aromatic N) is 1. The topological polar surface area (TPSA) is 67.6 Å². The minimum atomic E-state index is -0.197. The summed E-state index contributed by atoms with van der Waals surface area (Å²) in [5.74, 6) is 1.13. The van der Waals surface area contributed by atoms with Gasteiger partial charge in [0.2, 0.25) is 0 Å². The van der Waals surface area contributed by atoms with Crippen molar-refractivity contribution in [1.29, 1.82) is 0 Å². The lowest BCUT2D eigenvalue weighted by Crippen LogP contribution is -2.34. The van der Waals surface area contributed by atoms with Crippen LogP contribution < -0.4 is 20.7 Å². The van der Waals surface area contributed by atoms with E-state index < -0.39 is 0 Å². The van der Waals surface area contributed by atoms with Gasteiger partial charge in [-0.15, -0.1) is 0 Å². The summed E-state index contributed by atoms with van der Waals surface area (Å²) in [5, 5.41) is 2.95. The molecule has 1 unspecified atom stereocenters. The number of hydrogen-bond acceptors (Lipinski definition) is 4. The second kappa shape index (κ2) is 7.68. The first-order chi connectivity index (χ1) is 12.5. The first-order valence-corrected chi connectivity index (χ1v) is 9.08. The molecule has 3 N–H and O–H groups in total. The third-order valence-electron chi connectivity index (χ3n) is 4.95. The van der Waals surface area contributed by atoms with Crippen molar-refractivity contribution in [3.8, 4) is 5.75 Å². The largest absolute Gasteiger partial charge is 0.497 e. The number of carbonyl (C=O) groups excluding carboxylic acids is 1. The molecule has 26 heavy (non-hydrogen) atoms. The number of nitrogens with one attached hydrogen (secondary N) is 1. The number of hydrogen-bond donors (Lipinski definition) is 2. The lowest BCUT2D eigenvalue weighted by molar-refractivity contribution is 0.102. The van der Waals surface area contributed by atoms with Gasteiger partial charge in [0.1, 0.15) is 5.75 Å². The summed E-state index contributed by atoms with van der Waals surface area (Å²) in [5.41, 5.74) is 10.2. The molecule has 5 heteroatoms. The van der Waals surface area contributed by atoms with Crippen molar-refractivity contribution in [2.24, 2.45) is 5.92 Å². The average Bonchev–Trinajstić information content (AvgIpc) is 2.64. The average molecular weight is 353 g/mol. The van der Waals surface area contributed by atoms with Gasteiger partial charge in [-0.2, -0.15) is 0 Å². The predicted octanol–water partition coefficient (Wildman–Crippen LogP) is 4.07. The highest BCUT2D eigenvalue weighted by Crippen LogP contribution is 2.32. The molecule has 2 aromatic carbocycles. The SMILES string of the molecule is COc1cccc(C(=O)Nc2cc(N3CCCC(C)C3)c(C)cc2N)c1. The minimum absolute atomic E-state index is 0.197. The maximum Gasteiger partial charge on any atom is 0.255 e. The lowest BCUT2D eigenvalue weighted by atomic mass is 9.98. The summed E-state index contributed by atoms with van der Waals surface area (Å²) in [4.78, 5) is 15.0. The van der Waals surface area contributed by atoms with E-state index in [1.165, 1.54) is 12.8 Å². The van der Waals surface area contributed by atoms with Crippen LogP contribution in [-0.2, 0) is 0 Å². The van der Waals surface area contributed by atoms with Crippen LogP contribution in [0.15, 0.2) is 36.4 Å². The first-order valence-electron chi connectivity index (χ1n) is 9.08. The van der Waals surface area contributed by atoms with Crippen LogP contribution in [-0.4, -0.2) is 26.1 Å². The van der Waals surface area contributed by atoms with E-state index in [2.05, 4.69) is 24.1 Å². The summed E-state index contributed by atoms with van der Waals surface area (Å²) in [6, 6.07) is 11.0. The van der Waals surface area contributed by atoms with Crippen molar-refractivity contribution in [2.45, 2.75) is 26.7 Å². The second-order valence-corrected chi connectivity index (χ2v) is 7.11. The second-order valence-electron chi connectivity index (χ2n) is 7.11. The Kier molecular flexibility index (Phi) is 5.35. The van der Waals surface area contributed by atoms with Crippen molar-refractivity contribution in [2.75, 3.05) is 36.1 Å². The van der Waals surface area contributed by atoms with Crippen molar-refractivity contribution in [3.05, 3.63) is 47.5 Å². The molecule has 3 rings (SSSR count). The molecule has 1 aliphatic heterocycles. The predicted molar refractivity (Wildman–Crippen MR) is 107 cm³/mol. The Bertz CT molecular complexity index is 804. The minimum Gasteiger partial charge on any atom is -0.497 e. The van der Waals surface area contributed by atoms with Crippen LogP contribution >= 0.6 is 0 Å². The molecular weight excluding hydrogens is 326 g/mol. The maximum atomic E-state index is 12.6. The van der Waals surface area contributed by atoms with Gasteiger partial charge in [-0.1, -0.05) is 13.0 Å². The number of carbonyl (C=O) groups is 1. The normalized spacial score (nSPS) is 17.0. The summed E-state index contributed by atoms with van der Waals surface area (Å²) in [6.45, 7) is 6.43. The van der Waals surface area contributed by atoms with E-state index in [0.29, 0.717) is 28.6 Å². The van der Waals surface area contributed by atoms with Gasteiger partial charge in [0.15, 0.2) is 0 Å². The van der Waals surface area contributed by atoms with Gasteiger partial charge in [-0.25, -0.2) is 0 Å². The number of methoxy groups -OCH3 is 1. The fourth-order valence-electron chi connectivity index (χ4n) is 3.53.